The Bertz CT molecular complexity index is 655. The van der Waals surface area contributed by atoms with Gasteiger partial charge in [0.1, 0.15) is 5.82 Å². The molecule has 3 rings (SSSR count). The third-order valence-corrected chi connectivity index (χ3v) is 3.88. The van der Waals surface area contributed by atoms with Gasteiger partial charge in [0.25, 0.3) is 0 Å². The van der Waals surface area contributed by atoms with Crippen LogP contribution in [0, 0.1) is 0 Å². The fourth-order valence-electron chi connectivity index (χ4n) is 2.81. The Balaban J connectivity index is 2.01. The Labute approximate surface area is 117 Å². The minimum absolute atomic E-state index is 0.139. The summed E-state index contributed by atoms with van der Waals surface area (Å²) in [5.74, 6) is 0.224. The van der Waals surface area contributed by atoms with Gasteiger partial charge < -0.3 is 16.8 Å². The van der Waals surface area contributed by atoms with Crippen LogP contribution in [0.1, 0.15) is 29.6 Å². The molecule has 0 radical (unpaired) electrons. The summed E-state index contributed by atoms with van der Waals surface area (Å²) in [6, 6.07) is 9.57. The fourth-order valence-corrected chi connectivity index (χ4v) is 2.81. The number of nitrogens with one attached hydrogen (secondary N) is 1. The molecular weight excluding hydrogens is 252 g/mol. The van der Waals surface area contributed by atoms with E-state index < -0.39 is 5.91 Å². The highest BCUT2D eigenvalue weighted by Gasteiger charge is 2.24. The van der Waals surface area contributed by atoms with E-state index in [0.717, 1.165) is 30.2 Å². The van der Waals surface area contributed by atoms with E-state index in [4.69, 9.17) is 11.5 Å². The summed E-state index contributed by atoms with van der Waals surface area (Å²) < 4.78 is 0. The first-order valence-corrected chi connectivity index (χ1v) is 6.87. The molecule has 1 aromatic heterocycles. The maximum atomic E-state index is 11.6. The highest BCUT2D eigenvalue weighted by molar-refractivity contribution is 6.06. The Morgan fingerprint density at radius 1 is 1.30 bits per heavy atom. The Morgan fingerprint density at radius 2 is 2.10 bits per heavy atom. The molecule has 1 saturated carbocycles. The summed E-state index contributed by atoms with van der Waals surface area (Å²) in [5.41, 5.74) is 12.8. The number of pyridine rings is 1. The predicted octanol–water partition coefficient (Wildman–Crippen LogP) is 1.63. The van der Waals surface area contributed by atoms with Crippen LogP contribution >= 0.6 is 0 Å². The molecule has 0 bridgehead atoms. The molecular formula is C15H18N4O. The minimum Gasteiger partial charge on any atom is -0.366 e. The molecule has 20 heavy (non-hydrogen) atoms. The van der Waals surface area contributed by atoms with Gasteiger partial charge in [0.05, 0.1) is 11.1 Å². The van der Waals surface area contributed by atoms with Crippen LogP contribution < -0.4 is 16.8 Å². The number of para-hydroxylation sites is 1. The molecule has 1 aromatic carbocycles. The molecule has 1 aliphatic carbocycles. The lowest BCUT2D eigenvalue weighted by molar-refractivity contribution is 0.100. The van der Waals surface area contributed by atoms with Crippen LogP contribution in [-0.4, -0.2) is 23.0 Å². The first-order chi connectivity index (χ1) is 9.65. The lowest BCUT2D eigenvalue weighted by atomic mass is 10.1. The van der Waals surface area contributed by atoms with E-state index in [0.29, 0.717) is 11.4 Å². The molecule has 5 heteroatoms. The minimum atomic E-state index is -0.442. The second-order valence-electron chi connectivity index (χ2n) is 5.28. The van der Waals surface area contributed by atoms with Gasteiger partial charge in [-0.3, -0.25) is 4.79 Å². The molecule has 5 nitrogen and oxygen atoms in total. The first-order valence-electron chi connectivity index (χ1n) is 6.87. The van der Waals surface area contributed by atoms with Gasteiger partial charge in [-0.15, -0.1) is 0 Å². The number of hydrogen-bond donors (Lipinski definition) is 3. The molecule has 5 N–H and O–H groups in total. The van der Waals surface area contributed by atoms with Crippen LogP contribution in [0.15, 0.2) is 30.3 Å². The summed E-state index contributed by atoms with van der Waals surface area (Å²) in [6.07, 6.45) is 3.17. The van der Waals surface area contributed by atoms with Crippen molar-refractivity contribution < 1.29 is 4.79 Å². The summed E-state index contributed by atoms with van der Waals surface area (Å²) in [7, 11) is 0. The zero-order valence-electron chi connectivity index (χ0n) is 11.2. The second kappa shape index (κ2) is 5.09. The van der Waals surface area contributed by atoms with Crippen LogP contribution in [0.25, 0.3) is 10.9 Å². The van der Waals surface area contributed by atoms with Crippen molar-refractivity contribution in [3.8, 4) is 0 Å². The number of carbonyl (C=O) groups is 1. The monoisotopic (exact) mass is 270 g/mol. The predicted molar refractivity (Wildman–Crippen MR) is 79.5 cm³/mol. The summed E-state index contributed by atoms with van der Waals surface area (Å²) in [4.78, 5) is 16.2. The van der Waals surface area contributed by atoms with Crippen LogP contribution in [0.2, 0.25) is 0 Å². The van der Waals surface area contributed by atoms with Crippen molar-refractivity contribution in [3.63, 3.8) is 0 Å². The highest BCUT2D eigenvalue weighted by Crippen LogP contribution is 2.24. The van der Waals surface area contributed by atoms with Gasteiger partial charge in [-0.05, 0) is 31.4 Å². The van der Waals surface area contributed by atoms with Crippen LogP contribution in [0.5, 0.6) is 0 Å². The van der Waals surface area contributed by atoms with Crippen LogP contribution in [0.3, 0.4) is 0 Å². The van der Waals surface area contributed by atoms with E-state index in [9.17, 15) is 4.79 Å². The number of hydrogen-bond acceptors (Lipinski definition) is 4. The number of benzene rings is 1. The standard InChI is InChI=1S/C15H18N4O/c16-11-5-3-7-13(11)19-14-8-10(15(17)20)9-4-1-2-6-12(9)18-14/h1-2,4,6,8,11,13H,3,5,7,16H2,(H2,17,20)(H,18,19). The zero-order valence-corrected chi connectivity index (χ0v) is 11.2. The summed E-state index contributed by atoms with van der Waals surface area (Å²) in [6.45, 7) is 0. The maximum absolute atomic E-state index is 11.6. The van der Waals surface area contributed by atoms with Gasteiger partial charge in [0.15, 0.2) is 0 Å². The average Bonchev–Trinajstić information content (AvgIpc) is 2.83. The highest BCUT2D eigenvalue weighted by atomic mass is 16.1. The van der Waals surface area contributed by atoms with Crippen molar-refractivity contribution in [1.82, 2.24) is 4.98 Å². The molecule has 0 spiro atoms. The first kappa shape index (κ1) is 12.9. The van der Waals surface area contributed by atoms with Crippen molar-refractivity contribution >= 4 is 22.6 Å². The van der Waals surface area contributed by atoms with Crippen molar-refractivity contribution in [2.24, 2.45) is 11.5 Å². The molecule has 1 aliphatic rings. The van der Waals surface area contributed by atoms with E-state index in [-0.39, 0.29) is 12.1 Å². The van der Waals surface area contributed by atoms with E-state index in [2.05, 4.69) is 10.3 Å². The SMILES string of the molecule is NC(=O)c1cc(NC2CCCC2N)nc2ccccc12. The van der Waals surface area contributed by atoms with Crippen molar-refractivity contribution in [2.45, 2.75) is 31.3 Å². The lowest BCUT2D eigenvalue weighted by Gasteiger charge is -2.18. The maximum Gasteiger partial charge on any atom is 0.249 e. The van der Waals surface area contributed by atoms with Gasteiger partial charge >= 0.3 is 0 Å². The van der Waals surface area contributed by atoms with Crippen LogP contribution in [0.4, 0.5) is 5.82 Å². The number of aromatic nitrogens is 1. The fraction of sp³-hybridized carbons (Fsp3) is 0.333. The van der Waals surface area contributed by atoms with Crippen molar-refractivity contribution in [1.29, 1.82) is 0 Å². The molecule has 104 valence electrons. The van der Waals surface area contributed by atoms with E-state index in [1.54, 1.807) is 6.07 Å². The number of rotatable bonds is 3. The quantitative estimate of drug-likeness (QED) is 0.790. The van der Waals surface area contributed by atoms with Gasteiger partial charge in [0.2, 0.25) is 5.91 Å². The summed E-state index contributed by atoms with van der Waals surface area (Å²) >= 11 is 0. The molecule has 1 fully saturated rings. The number of carbonyl (C=O) groups excluding carboxylic acids is 1. The average molecular weight is 270 g/mol. The topological polar surface area (TPSA) is 94.0 Å². The lowest BCUT2D eigenvalue weighted by Crippen LogP contribution is -2.35. The van der Waals surface area contributed by atoms with E-state index in [1.807, 2.05) is 24.3 Å². The number of anilines is 1. The van der Waals surface area contributed by atoms with E-state index >= 15 is 0 Å². The molecule has 1 heterocycles. The third-order valence-electron chi connectivity index (χ3n) is 3.88. The molecule has 0 saturated heterocycles. The van der Waals surface area contributed by atoms with Gasteiger partial charge in [0, 0.05) is 17.5 Å². The van der Waals surface area contributed by atoms with Crippen LogP contribution in [-0.2, 0) is 0 Å². The smallest absolute Gasteiger partial charge is 0.249 e. The molecule has 2 unspecified atom stereocenters. The molecule has 1 amide bonds. The molecule has 0 aliphatic heterocycles. The number of nitrogens with two attached hydrogens (primary N) is 2. The summed E-state index contributed by atoms with van der Waals surface area (Å²) in [5, 5.41) is 4.11. The Morgan fingerprint density at radius 3 is 2.80 bits per heavy atom. The van der Waals surface area contributed by atoms with E-state index in [1.165, 1.54) is 0 Å². The number of amides is 1. The largest absolute Gasteiger partial charge is 0.366 e. The van der Waals surface area contributed by atoms with Gasteiger partial charge in [-0.1, -0.05) is 18.2 Å². The van der Waals surface area contributed by atoms with Crippen molar-refractivity contribution in [2.75, 3.05) is 5.32 Å². The van der Waals surface area contributed by atoms with Gasteiger partial charge in [-0.25, -0.2) is 4.98 Å². The molecule has 2 atom stereocenters. The third kappa shape index (κ3) is 2.32. The number of primary amides is 1. The zero-order chi connectivity index (χ0) is 14.1. The number of fused-ring (bicyclic) bond motifs is 1. The van der Waals surface area contributed by atoms with Crippen molar-refractivity contribution in [3.05, 3.63) is 35.9 Å². The normalized spacial score (nSPS) is 22.1. The molecule has 2 aromatic rings. The Hall–Kier alpha value is -2.14. The van der Waals surface area contributed by atoms with Gasteiger partial charge in [-0.2, -0.15) is 0 Å². The Kier molecular flexibility index (Phi) is 3.28. The second-order valence-corrected chi connectivity index (χ2v) is 5.28. The number of nitrogens with zero attached hydrogens (tertiary/aromatic N) is 1.